The van der Waals surface area contributed by atoms with Gasteiger partial charge in [-0.25, -0.2) is 9.67 Å². The highest BCUT2D eigenvalue weighted by molar-refractivity contribution is 5.80. The van der Waals surface area contributed by atoms with E-state index in [4.69, 9.17) is 4.74 Å². The number of hydrogen-bond donors (Lipinski definition) is 2. The first-order chi connectivity index (χ1) is 11.6. The van der Waals surface area contributed by atoms with E-state index < -0.39 is 0 Å². The summed E-state index contributed by atoms with van der Waals surface area (Å²) in [6, 6.07) is 0.756. The summed E-state index contributed by atoms with van der Waals surface area (Å²) in [5, 5.41) is 11.5. The first-order valence-corrected chi connectivity index (χ1v) is 9.07. The molecule has 0 spiro atoms. The molecule has 2 N–H and O–H groups in total. The van der Waals surface area contributed by atoms with Crippen LogP contribution < -0.4 is 10.6 Å². The molecule has 1 aromatic rings. The maximum Gasteiger partial charge on any atom is 0.191 e. The van der Waals surface area contributed by atoms with Gasteiger partial charge in [-0.05, 0) is 19.3 Å². The molecule has 1 aromatic heterocycles. The van der Waals surface area contributed by atoms with Crippen molar-refractivity contribution in [1.29, 1.82) is 0 Å². The molecule has 24 heavy (non-hydrogen) atoms. The van der Waals surface area contributed by atoms with E-state index in [-0.39, 0.29) is 5.41 Å². The third-order valence-corrected chi connectivity index (χ3v) is 5.99. The van der Waals surface area contributed by atoms with Gasteiger partial charge in [0.2, 0.25) is 0 Å². The summed E-state index contributed by atoms with van der Waals surface area (Å²) in [4.78, 5) is 8.75. The molecule has 0 bridgehead atoms. The van der Waals surface area contributed by atoms with E-state index in [0.29, 0.717) is 24.1 Å². The molecule has 3 heterocycles. The third-order valence-electron chi connectivity index (χ3n) is 5.99. The average molecular weight is 332 g/mol. The highest BCUT2D eigenvalue weighted by atomic mass is 16.5. The molecular weight excluding hydrogens is 304 g/mol. The zero-order chi connectivity index (χ0) is 16.7. The van der Waals surface area contributed by atoms with Crippen molar-refractivity contribution in [2.45, 2.75) is 64.3 Å². The Morgan fingerprint density at radius 2 is 2.25 bits per heavy atom. The van der Waals surface area contributed by atoms with E-state index in [1.54, 1.807) is 6.33 Å². The van der Waals surface area contributed by atoms with E-state index in [0.717, 1.165) is 37.8 Å². The second kappa shape index (κ2) is 6.02. The number of aromatic nitrogens is 3. The predicted molar refractivity (Wildman–Crippen MR) is 91.8 cm³/mol. The molecular formula is C17H28N6O. The van der Waals surface area contributed by atoms with Crippen molar-refractivity contribution in [3.63, 3.8) is 0 Å². The lowest BCUT2D eigenvalue weighted by atomic mass is 9.55. The van der Waals surface area contributed by atoms with Crippen LogP contribution in [-0.2, 0) is 17.7 Å². The molecule has 4 unspecified atom stereocenters. The molecule has 4 atom stereocenters. The van der Waals surface area contributed by atoms with Gasteiger partial charge in [-0.15, -0.1) is 0 Å². The lowest BCUT2D eigenvalue weighted by Crippen LogP contribution is -2.71. The van der Waals surface area contributed by atoms with Crippen molar-refractivity contribution < 1.29 is 4.74 Å². The summed E-state index contributed by atoms with van der Waals surface area (Å²) in [5.74, 6) is 2.57. The highest BCUT2D eigenvalue weighted by Crippen LogP contribution is 2.51. The molecule has 0 aromatic carbocycles. The van der Waals surface area contributed by atoms with E-state index in [1.165, 1.54) is 12.8 Å². The van der Waals surface area contributed by atoms with Crippen molar-refractivity contribution in [2.24, 2.45) is 16.3 Å². The van der Waals surface area contributed by atoms with Crippen molar-refractivity contribution in [2.75, 3.05) is 13.7 Å². The number of ether oxygens (including phenoxy) is 1. The fourth-order valence-electron chi connectivity index (χ4n) is 4.68. The molecule has 1 aliphatic carbocycles. The number of fused-ring (bicyclic) bond motifs is 2. The van der Waals surface area contributed by atoms with Crippen LogP contribution in [-0.4, -0.2) is 52.6 Å². The molecule has 0 amide bonds. The Hall–Kier alpha value is -1.63. The molecule has 0 radical (unpaired) electrons. The van der Waals surface area contributed by atoms with Gasteiger partial charge in [-0.1, -0.05) is 13.8 Å². The number of aryl methyl sites for hydroxylation is 1. The van der Waals surface area contributed by atoms with Crippen LogP contribution >= 0.6 is 0 Å². The van der Waals surface area contributed by atoms with Crippen molar-refractivity contribution in [1.82, 2.24) is 25.4 Å². The molecule has 7 nitrogen and oxygen atoms in total. The number of aliphatic imine (C=N–C) groups is 1. The van der Waals surface area contributed by atoms with E-state index >= 15 is 0 Å². The van der Waals surface area contributed by atoms with Crippen molar-refractivity contribution in [3.8, 4) is 0 Å². The van der Waals surface area contributed by atoms with Gasteiger partial charge >= 0.3 is 0 Å². The van der Waals surface area contributed by atoms with Crippen LogP contribution in [0.2, 0.25) is 0 Å². The molecule has 4 rings (SSSR count). The van der Waals surface area contributed by atoms with Gasteiger partial charge in [-0.2, -0.15) is 5.10 Å². The van der Waals surface area contributed by atoms with Gasteiger partial charge in [0, 0.05) is 43.5 Å². The van der Waals surface area contributed by atoms with Crippen LogP contribution in [0.5, 0.6) is 0 Å². The van der Waals surface area contributed by atoms with Crippen LogP contribution in [0.4, 0.5) is 0 Å². The Balaban J connectivity index is 1.38. The van der Waals surface area contributed by atoms with Crippen LogP contribution in [0.3, 0.4) is 0 Å². The Bertz CT molecular complexity index is 624. The number of guanidine groups is 1. The maximum atomic E-state index is 6.00. The third kappa shape index (κ3) is 2.59. The standard InChI is InChI=1S/C17H28N6O/c1-17(2)14(12-5-4-8-24-15(12)17)22-16(18-3)21-11-6-7-13-19-10-20-23(13)9-11/h10-12,14-15H,4-9H2,1-3H3,(H2,18,21,22). The van der Waals surface area contributed by atoms with E-state index in [9.17, 15) is 0 Å². The van der Waals surface area contributed by atoms with Gasteiger partial charge in [0.15, 0.2) is 5.96 Å². The number of nitrogens with one attached hydrogen (secondary N) is 2. The summed E-state index contributed by atoms with van der Waals surface area (Å²) in [5.41, 5.74) is 0.147. The minimum atomic E-state index is 0.147. The topological polar surface area (TPSA) is 76.4 Å². The summed E-state index contributed by atoms with van der Waals surface area (Å²) in [6.07, 6.45) is 6.46. The largest absolute Gasteiger partial charge is 0.377 e. The van der Waals surface area contributed by atoms with Crippen molar-refractivity contribution >= 4 is 5.96 Å². The smallest absolute Gasteiger partial charge is 0.191 e. The summed E-state index contributed by atoms with van der Waals surface area (Å²) >= 11 is 0. The molecule has 2 aliphatic heterocycles. The lowest BCUT2D eigenvalue weighted by molar-refractivity contribution is -0.188. The van der Waals surface area contributed by atoms with E-state index in [1.807, 2.05) is 11.7 Å². The minimum absolute atomic E-state index is 0.147. The van der Waals surface area contributed by atoms with Gasteiger partial charge in [0.1, 0.15) is 12.2 Å². The number of hydrogen-bond acceptors (Lipinski definition) is 4. The first kappa shape index (κ1) is 15.9. The van der Waals surface area contributed by atoms with Crippen LogP contribution in [0.25, 0.3) is 0 Å². The Morgan fingerprint density at radius 3 is 3.08 bits per heavy atom. The van der Waals surface area contributed by atoms with Crippen LogP contribution in [0, 0.1) is 11.3 Å². The van der Waals surface area contributed by atoms with Gasteiger partial charge in [-0.3, -0.25) is 4.99 Å². The highest BCUT2D eigenvalue weighted by Gasteiger charge is 2.58. The van der Waals surface area contributed by atoms with E-state index in [2.05, 4.69) is 39.6 Å². The monoisotopic (exact) mass is 332 g/mol. The van der Waals surface area contributed by atoms with Gasteiger partial charge in [0.25, 0.3) is 0 Å². The first-order valence-electron chi connectivity index (χ1n) is 9.07. The summed E-state index contributed by atoms with van der Waals surface area (Å²) in [7, 11) is 1.85. The fraction of sp³-hybridized carbons (Fsp3) is 0.824. The number of nitrogens with zero attached hydrogens (tertiary/aromatic N) is 4. The van der Waals surface area contributed by atoms with Gasteiger partial charge < -0.3 is 15.4 Å². The SMILES string of the molecule is CN=C(NC1CCc2ncnn2C1)NC1C2CCCOC2C1(C)C. The summed E-state index contributed by atoms with van der Waals surface area (Å²) < 4.78 is 7.99. The average Bonchev–Trinajstić information content (AvgIpc) is 3.06. The molecule has 132 valence electrons. The molecule has 3 aliphatic rings. The van der Waals surface area contributed by atoms with Gasteiger partial charge in [0.05, 0.1) is 12.6 Å². The van der Waals surface area contributed by atoms with Crippen molar-refractivity contribution in [3.05, 3.63) is 12.2 Å². The molecule has 7 heteroatoms. The second-order valence-electron chi connectivity index (χ2n) is 7.85. The zero-order valence-corrected chi connectivity index (χ0v) is 14.8. The minimum Gasteiger partial charge on any atom is -0.377 e. The normalized spacial score (nSPS) is 34.7. The van der Waals surface area contributed by atoms with Crippen LogP contribution in [0.1, 0.15) is 38.9 Å². The molecule has 1 saturated carbocycles. The molecule has 1 saturated heterocycles. The molecule has 2 fully saturated rings. The fourth-order valence-corrected chi connectivity index (χ4v) is 4.68. The Kier molecular flexibility index (Phi) is 3.98. The summed E-state index contributed by atoms with van der Waals surface area (Å²) in [6.45, 7) is 6.35. The zero-order valence-electron chi connectivity index (χ0n) is 14.8. The number of rotatable bonds is 2. The lowest BCUT2D eigenvalue weighted by Gasteiger charge is -2.60. The maximum absolute atomic E-state index is 6.00. The predicted octanol–water partition coefficient (Wildman–Crippen LogP) is 0.961. The Morgan fingerprint density at radius 1 is 1.38 bits per heavy atom. The Labute approximate surface area is 143 Å². The quantitative estimate of drug-likeness (QED) is 0.623. The van der Waals surface area contributed by atoms with Crippen LogP contribution in [0.15, 0.2) is 11.3 Å². The second-order valence-corrected chi connectivity index (χ2v) is 7.85.